The van der Waals surface area contributed by atoms with E-state index in [1.807, 2.05) is 5.38 Å². The summed E-state index contributed by atoms with van der Waals surface area (Å²) >= 11 is 1.43. The Morgan fingerprint density at radius 3 is 2.42 bits per heavy atom. The van der Waals surface area contributed by atoms with E-state index < -0.39 is 19.2 Å². The van der Waals surface area contributed by atoms with Gasteiger partial charge in [0.25, 0.3) is 0 Å². The van der Waals surface area contributed by atoms with Gasteiger partial charge < -0.3 is 5.11 Å². The average molecular weight is 295 g/mol. The summed E-state index contributed by atoms with van der Waals surface area (Å²) in [5, 5.41) is 11.3. The molecule has 2 unspecified atom stereocenters. The molecule has 4 nitrogen and oxygen atoms in total. The van der Waals surface area contributed by atoms with Crippen molar-refractivity contribution >= 4 is 25.3 Å². The number of aliphatic carboxylic acids is 1. The van der Waals surface area contributed by atoms with Gasteiger partial charge in [0.15, 0.2) is 0 Å². The number of hydrogen-bond acceptors (Lipinski definition) is 3. The molecule has 2 rings (SSSR count). The lowest BCUT2D eigenvalue weighted by Gasteiger charge is -2.17. The van der Waals surface area contributed by atoms with E-state index in [1.165, 1.54) is 11.3 Å². The minimum absolute atomic E-state index is 0.00154. The molecule has 2 atom stereocenters. The van der Waals surface area contributed by atoms with Gasteiger partial charge in [0.05, 0.1) is 0 Å². The monoisotopic (exact) mass is 295 g/mol. The summed E-state index contributed by atoms with van der Waals surface area (Å²) in [4.78, 5) is 21.3. The molecule has 1 heterocycles. The number of rotatable bonds is 5. The van der Waals surface area contributed by atoms with Crippen LogP contribution in [0.3, 0.4) is 0 Å². The smallest absolute Gasteiger partial charge is 0.477 e. The van der Waals surface area contributed by atoms with Crippen LogP contribution in [0.15, 0.2) is 47.2 Å². The first-order chi connectivity index (χ1) is 9.07. The largest absolute Gasteiger partial charge is 0.529 e. The Balaban J connectivity index is 2.54. The minimum Gasteiger partial charge on any atom is -0.477 e. The zero-order valence-corrected chi connectivity index (χ0v) is 11.6. The number of benzene rings is 1. The second-order valence-electron chi connectivity index (χ2n) is 4.11. The molecule has 0 aliphatic carbocycles. The Morgan fingerprint density at radius 1 is 1.26 bits per heavy atom. The molecule has 1 aromatic carbocycles. The van der Waals surface area contributed by atoms with Gasteiger partial charge in [0.1, 0.15) is 0 Å². The predicted molar refractivity (Wildman–Crippen MR) is 73.6 cm³/mol. The van der Waals surface area contributed by atoms with Gasteiger partial charge in [-0.2, -0.15) is 16.2 Å². The van der Waals surface area contributed by atoms with Crippen LogP contribution in [0.1, 0.15) is 11.1 Å². The molecule has 2 N–H and O–H groups in total. The first-order valence-corrected chi connectivity index (χ1v) is 7.69. The molecule has 98 valence electrons. The van der Waals surface area contributed by atoms with Crippen molar-refractivity contribution in [1.29, 1.82) is 0 Å². The highest BCUT2D eigenvalue weighted by Gasteiger charge is 2.58. The first-order valence-electron chi connectivity index (χ1n) is 5.53. The molecule has 0 saturated heterocycles. The fourth-order valence-electron chi connectivity index (χ4n) is 1.96. The van der Waals surface area contributed by atoms with Crippen molar-refractivity contribution in [3.05, 3.63) is 58.3 Å². The maximum atomic E-state index is 11.8. The minimum atomic E-state index is -2.91. The molecule has 0 amide bonds. The molecule has 0 fully saturated rings. The zero-order chi connectivity index (χ0) is 13.9. The van der Waals surface area contributed by atoms with E-state index in [4.69, 9.17) is 0 Å². The molecule has 0 radical (unpaired) electrons. The fraction of sp³-hybridized carbons (Fsp3) is 0.154. The molecule has 2 aromatic rings. The summed E-state index contributed by atoms with van der Waals surface area (Å²) in [6.07, 6.45) is 0.00154. The van der Waals surface area contributed by atoms with Crippen molar-refractivity contribution in [1.82, 2.24) is 0 Å². The van der Waals surface area contributed by atoms with Crippen LogP contribution in [-0.2, 0) is 20.9 Å². The Morgan fingerprint density at radius 2 is 1.95 bits per heavy atom. The van der Waals surface area contributed by atoms with Crippen LogP contribution >= 0.6 is 19.4 Å². The molecule has 1 aromatic heterocycles. The van der Waals surface area contributed by atoms with Gasteiger partial charge in [-0.25, -0.2) is 4.79 Å². The van der Waals surface area contributed by atoms with Gasteiger partial charge in [-0.1, -0.05) is 30.3 Å². The van der Waals surface area contributed by atoms with Crippen molar-refractivity contribution in [2.75, 3.05) is 0 Å². The van der Waals surface area contributed by atoms with E-state index in [9.17, 15) is 19.4 Å². The quantitative estimate of drug-likeness (QED) is 0.831. The highest BCUT2D eigenvalue weighted by molar-refractivity contribution is 7.41. The van der Waals surface area contributed by atoms with Gasteiger partial charge in [-0.15, -0.1) is 0 Å². The lowest BCUT2D eigenvalue weighted by Crippen LogP contribution is -2.34. The molecule has 0 saturated carbocycles. The molecular formula is C13H12O4PS+. The molecule has 0 aliphatic rings. The zero-order valence-electron chi connectivity index (χ0n) is 9.89. The van der Waals surface area contributed by atoms with E-state index in [2.05, 4.69) is 0 Å². The van der Waals surface area contributed by atoms with E-state index in [0.29, 0.717) is 5.56 Å². The van der Waals surface area contributed by atoms with E-state index >= 15 is 0 Å². The standard InChI is InChI=1S/C13H11O4PS/c14-12(15)13(18(16)17,8-10-6-7-19-9-10)11-4-2-1-3-5-11/h1-7,9H,8H2,(H-,14,15,16,17)/p+1. The Labute approximate surface area is 115 Å². The number of carboxylic acids is 1. The van der Waals surface area contributed by atoms with E-state index in [1.54, 1.807) is 41.8 Å². The lowest BCUT2D eigenvalue weighted by atomic mass is 9.92. The number of hydrogen-bond donors (Lipinski definition) is 2. The van der Waals surface area contributed by atoms with Crippen molar-refractivity contribution in [2.24, 2.45) is 0 Å². The summed E-state index contributed by atoms with van der Waals surface area (Å²) in [5.41, 5.74) is 1.09. The third-order valence-corrected chi connectivity index (χ3v) is 4.96. The van der Waals surface area contributed by atoms with Crippen LogP contribution in [0.5, 0.6) is 0 Å². The Hall–Kier alpha value is -1.55. The third-order valence-electron chi connectivity index (χ3n) is 2.97. The molecular weight excluding hydrogens is 283 g/mol. The van der Waals surface area contributed by atoms with Crippen molar-refractivity contribution in [2.45, 2.75) is 11.6 Å². The fourth-order valence-corrected chi connectivity index (χ4v) is 3.48. The Bertz CT molecular complexity index is 566. The lowest BCUT2D eigenvalue weighted by molar-refractivity contribution is -0.140. The highest BCUT2D eigenvalue weighted by atomic mass is 32.1. The van der Waals surface area contributed by atoms with Gasteiger partial charge in [-0.05, 0) is 27.0 Å². The normalized spacial score (nSPS) is 14.7. The SMILES string of the molecule is O=C(O)C(Cc1ccsc1)(c1ccccc1)[P+](=O)O. The first kappa shape index (κ1) is 13.9. The average Bonchev–Trinajstić information content (AvgIpc) is 2.89. The maximum absolute atomic E-state index is 11.8. The van der Waals surface area contributed by atoms with Gasteiger partial charge in [0.2, 0.25) is 0 Å². The third kappa shape index (κ3) is 2.59. The summed E-state index contributed by atoms with van der Waals surface area (Å²) in [6, 6.07) is 9.99. The van der Waals surface area contributed by atoms with Gasteiger partial charge in [-0.3, -0.25) is 0 Å². The van der Waals surface area contributed by atoms with Crippen LogP contribution in [0.4, 0.5) is 0 Å². The van der Waals surface area contributed by atoms with Crippen LogP contribution in [0.25, 0.3) is 0 Å². The number of carbonyl (C=O) groups is 1. The summed E-state index contributed by atoms with van der Waals surface area (Å²) in [5.74, 6) is -1.28. The van der Waals surface area contributed by atoms with Gasteiger partial charge >= 0.3 is 19.2 Å². The van der Waals surface area contributed by atoms with Crippen LogP contribution in [0, 0.1) is 0 Å². The second kappa shape index (κ2) is 5.61. The topological polar surface area (TPSA) is 74.6 Å². The number of thiophene rings is 1. The van der Waals surface area contributed by atoms with E-state index in [0.717, 1.165) is 5.56 Å². The van der Waals surface area contributed by atoms with Crippen LogP contribution < -0.4 is 0 Å². The molecule has 0 spiro atoms. The second-order valence-corrected chi connectivity index (χ2v) is 6.20. The van der Waals surface area contributed by atoms with Crippen LogP contribution in [0.2, 0.25) is 0 Å². The molecule has 0 aliphatic heterocycles. The maximum Gasteiger partial charge on any atom is 0.529 e. The predicted octanol–water partition coefficient (Wildman–Crippen LogP) is 3.01. The Kier molecular flexibility index (Phi) is 4.10. The van der Waals surface area contributed by atoms with Crippen molar-refractivity contribution < 1.29 is 19.4 Å². The molecule has 0 bridgehead atoms. The van der Waals surface area contributed by atoms with Gasteiger partial charge in [0, 0.05) is 12.0 Å². The summed E-state index contributed by atoms with van der Waals surface area (Å²) < 4.78 is 11.8. The van der Waals surface area contributed by atoms with Crippen LogP contribution in [-0.4, -0.2) is 16.0 Å². The molecule has 6 heteroatoms. The van der Waals surface area contributed by atoms with Crippen molar-refractivity contribution in [3.63, 3.8) is 0 Å². The van der Waals surface area contributed by atoms with E-state index in [-0.39, 0.29) is 6.42 Å². The van der Waals surface area contributed by atoms with Crippen molar-refractivity contribution in [3.8, 4) is 0 Å². The summed E-state index contributed by atoms with van der Waals surface area (Å²) in [6.45, 7) is 0. The number of carboxylic acid groups (broad SMARTS) is 1. The summed E-state index contributed by atoms with van der Waals surface area (Å²) in [7, 11) is -2.91. The highest BCUT2D eigenvalue weighted by Crippen LogP contribution is 2.47. The molecule has 19 heavy (non-hydrogen) atoms.